The predicted octanol–water partition coefficient (Wildman–Crippen LogP) is 8.27. The number of hydrogen-bond donors (Lipinski definition) is 0. The minimum atomic E-state index is -0.781. The Morgan fingerprint density at radius 3 is 1.86 bits per heavy atom. The van der Waals surface area contributed by atoms with Gasteiger partial charge < -0.3 is 28.7 Å². The molecule has 0 saturated carbocycles. The lowest BCUT2D eigenvalue weighted by molar-refractivity contribution is -0.197. The van der Waals surface area contributed by atoms with E-state index in [4.69, 9.17) is 33.8 Å². The van der Waals surface area contributed by atoms with E-state index < -0.39 is 17.8 Å². The van der Waals surface area contributed by atoms with Gasteiger partial charge in [-0.25, -0.2) is 4.79 Å². The van der Waals surface area contributed by atoms with Crippen LogP contribution < -0.4 is 28.9 Å². The molecule has 0 aromatic heterocycles. The van der Waals surface area contributed by atoms with Crippen molar-refractivity contribution in [2.75, 3.05) is 41.6 Å². The number of carbonyl (C=O) groups excluding carboxylic acids is 6. The van der Waals surface area contributed by atoms with Crippen LogP contribution in [0.2, 0.25) is 0 Å². The minimum absolute atomic E-state index is 0.0167. The monoisotopic (exact) mass is 986 g/mol. The largest absolute Gasteiger partial charge is 0.493 e. The molecular formula is C56H54N6O11. The summed E-state index contributed by atoms with van der Waals surface area (Å²) in [5.74, 6) is -1.38. The van der Waals surface area contributed by atoms with Gasteiger partial charge >= 0.3 is 5.97 Å². The molecule has 2 atom stereocenters. The highest BCUT2D eigenvalue weighted by atomic mass is 16.7. The Morgan fingerprint density at radius 1 is 0.685 bits per heavy atom. The molecule has 0 aliphatic carbocycles. The number of aryl methyl sites for hydroxylation is 1. The van der Waals surface area contributed by atoms with Gasteiger partial charge in [-0.15, -0.1) is 5.06 Å². The van der Waals surface area contributed by atoms with Crippen molar-refractivity contribution >= 4 is 76.4 Å². The Kier molecular flexibility index (Phi) is 13.9. The molecule has 5 aliphatic heterocycles. The number of aliphatic imine (C=N–C) groups is 2. The van der Waals surface area contributed by atoms with Crippen LogP contribution in [0.3, 0.4) is 0 Å². The lowest BCUT2D eigenvalue weighted by atomic mass is 10.1. The molecule has 0 N–H and O–H groups in total. The minimum Gasteiger partial charge on any atom is -0.493 e. The molecule has 5 aromatic rings. The number of rotatable bonds is 18. The quantitative estimate of drug-likeness (QED) is 0.0608. The molecule has 1 saturated heterocycles. The van der Waals surface area contributed by atoms with Crippen molar-refractivity contribution in [1.82, 2.24) is 5.06 Å². The summed E-state index contributed by atoms with van der Waals surface area (Å²) >= 11 is 0. The maximum Gasteiger partial charge on any atom is 0.333 e. The van der Waals surface area contributed by atoms with Gasteiger partial charge in [0.1, 0.15) is 19.0 Å². The maximum atomic E-state index is 14.2. The summed E-state index contributed by atoms with van der Waals surface area (Å²) in [7, 11) is 1.50. The van der Waals surface area contributed by atoms with E-state index >= 15 is 0 Å². The van der Waals surface area contributed by atoms with E-state index in [-0.39, 0.29) is 88.3 Å². The van der Waals surface area contributed by atoms with Crippen LogP contribution in [0, 0.1) is 6.92 Å². The number of anilines is 3. The topological polar surface area (TPSA) is 186 Å². The van der Waals surface area contributed by atoms with E-state index in [1.807, 2.05) is 86.8 Å². The number of ether oxygens (including phenoxy) is 4. The Balaban J connectivity index is 0.938. The number of imide groups is 1. The second kappa shape index (κ2) is 20.9. The van der Waals surface area contributed by atoms with Crippen LogP contribution in [-0.2, 0) is 54.8 Å². The highest BCUT2D eigenvalue weighted by molar-refractivity contribution is 6.16. The van der Waals surface area contributed by atoms with Gasteiger partial charge in [0.25, 0.3) is 23.6 Å². The Bertz CT molecular complexity index is 3100. The maximum absolute atomic E-state index is 14.2. The van der Waals surface area contributed by atoms with Gasteiger partial charge in [0, 0.05) is 86.9 Å². The fourth-order valence-corrected chi connectivity index (χ4v) is 9.90. The van der Waals surface area contributed by atoms with Crippen LogP contribution in [0.1, 0.15) is 94.0 Å². The molecule has 374 valence electrons. The number of amides is 5. The summed E-state index contributed by atoms with van der Waals surface area (Å²) in [6.07, 6.45) is 5.62. The van der Waals surface area contributed by atoms with Crippen molar-refractivity contribution in [1.29, 1.82) is 0 Å². The lowest BCUT2D eigenvalue weighted by Crippen LogP contribution is -2.37. The van der Waals surface area contributed by atoms with Gasteiger partial charge in [0.05, 0.1) is 54.7 Å². The first-order chi connectivity index (χ1) is 35.5. The normalized spacial score (nSPS) is 17.1. The average Bonchev–Trinajstić information content (AvgIpc) is 4.01. The molecule has 10 rings (SSSR count). The van der Waals surface area contributed by atoms with Crippen molar-refractivity contribution in [2.45, 2.75) is 90.5 Å². The number of fused-ring (bicyclic) bond motifs is 8. The standard InChI is InChI=1S/C56H54N6O11/c1-4-19-70-20-17-51(63)59(18-9-14-54(66)73-62-52(64)15-16-53(62)65)39-23-35(32-71-48-28-44-42(21-34(48)2)55(67)60-40(30-57-44)25-37-10-5-7-12-46(37)60)22-36(24-39)33-72-50-29-45-43(27-49(50)69-3)56(68)61-41(31-58-45)26-38-11-6-8-13-47(38)61/h5-8,10-13,21-24,27-31,40-41H,4,9,14-20,25-26,32-33H2,1-3H3/t40-,41-/m0/s1. The van der Waals surface area contributed by atoms with Crippen LogP contribution >= 0.6 is 0 Å². The second-order valence-electron chi connectivity index (χ2n) is 18.5. The molecule has 17 nitrogen and oxygen atoms in total. The van der Waals surface area contributed by atoms with Crippen LogP contribution in [0.25, 0.3) is 0 Å². The Morgan fingerprint density at radius 2 is 1.26 bits per heavy atom. The van der Waals surface area contributed by atoms with E-state index in [2.05, 4.69) is 0 Å². The third kappa shape index (κ3) is 9.92. The van der Waals surface area contributed by atoms with E-state index in [9.17, 15) is 28.8 Å². The molecule has 5 heterocycles. The van der Waals surface area contributed by atoms with Gasteiger partial charge in [0.2, 0.25) is 5.91 Å². The van der Waals surface area contributed by atoms with Crippen LogP contribution in [0.5, 0.6) is 17.2 Å². The number of carbonyl (C=O) groups is 6. The summed E-state index contributed by atoms with van der Waals surface area (Å²) < 4.78 is 24.5. The van der Waals surface area contributed by atoms with Gasteiger partial charge in [-0.3, -0.25) is 43.8 Å². The van der Waals surface area contributed by atoms with Crippen LogP contribution in [0.4, 0.5) is 28.4 Å². The molecule has 17 heteroatoms. The number of para-hydroxylation sites is 2. The predicted molar refractivity (Wildman–Crippen MR) is 272 cm³/mol. The molecule has 73 heavy (non-hydrogen) atoms. The van der Waals surface area contributed by atoms with Gasteiger partial charge in [-0.1, -0.05) is 43.3 Å². The van der Waals surface area contributed by atoms with Crippen molar-refractivity contribution in [3.8, 4) is 17.2 Å². The smallest absolute Gasteiger partial charge is 0.333 e. The van der Waals surface area contributed by atoms with Gasteiger partial charge in [-0.2, -0.15) is 0 Å². The van der Waals surface area contributed by atoms with E-state index in [1.165, 1.54) is 7.11 Å². The summed E-state index contributed by atoms with van der Waals surface area (Å²) in [4.78, 5) is 99.4. The third-order valence-corrected chi connectivity index (χ3v) is 13.5. The van der Waals surface area contributed by atoms with Crippen LogP contribution in [-0.4, -0.2) is 91.9 Å². The van der Waals surface area contributed by atoms with Crippen molar-refractivity contribution in [2.24, 2.45) is 9.98 Å². The van der Waals surface area contributed by atoms with E-state index in [1.54, 1.807) is 45.2 Å². The summed E-state index contributed by atoms with van der Waals surface area (Å²) in [5.41, 5.74) is 8.16. The second-order valence-corrected chi connectivity index (χ2v) is 18.5. The van der Waals surface area contributed by atoms with Crippen molar-refractivity contribution in [3.05, 3.63) is 130 Å². The van der Waals surface area contributed by atoms with E-state index in [0.717, 1.165) is 34.5 Å². The number of hydroxylamine groups is 2. The first kappa shape index (κ1) is 48.4. The third-order valence-electron chi connectivity index (χ3n) is 13.5. The molecule has 0 spiro atoms. The van der Waals surface area contributed by atoms with Crippen LogP contribution in [0.15, 0.2) is 101 Å². The zero-order valence-corrected chi connectivity index (χ0v) is 40.8. The van der Waals surface area contributed by atoms with Crippen molar-refractivity contribution in [3.63, 3.8) is 0 Å². The summed E-state index contributed by atoms with van der Waals surface area (Å²) in [5, 5.41) is 0.510. The molecule has 1 fully saturated rings. The number of benzene rings is 5. The highest BCUT2D eigenvalue weighted by Crippen LogP contribution is 2.42. The zero-order valence-electron chi connectivity index (χ0n) is 40.8. The zero-order chi connectivity index (χ0) is 50.8. The first-order valence-corrected chi connectivity index (χ1v) is 24.6. The van der Waals surface area contributed by atoms with E-state index in [0.29, 0.717) is 81.1 Å². The first-order valence-electron chi connectivity index (χ1n) is 24.6. The number of hydrogen-bond acceptors (Lipinski definition) is 13. The average molecular weight is 987 g/mol. The van der Waals surface area contributed by atoms with Gasteiger partial charge in [0.15, 0.2) is 11.5 Å². The molecule has 5 aliphatic rings. The molecule has 0 unspecified atom stereocenters. The molecular weight excluding hydrogens is 933 g/mol. The fraction of sp³-hybridized carbons (Fsp3) is 0.321. The Hall–Kier alpha value is -8.18. The Labute approximate surface area is 421 Å². The summed E-state index contributed by atoms with van der Waals surface area (Å²) in [6.45, 7) is 4.59. The SMILES string of the molecule is CCCOCCC(=O)N(CCCC(=O)ON1C(=O)CCC1=O)c1cc(COc2cc3c(cc2C)C(=O)N2c4ccccc4C[C@H]2C=N3)cc(COc2cc3c(cc2OC)C(=O)N2c4ccccc4C[C@H]2C=N3)c1. The number of methoxy groups -OCH3 is 1. The summed E-state index contributed by atoms with van der Waals surface area (Å²) in [6, 6.07) is 27.7. The van der Waals surface area contributed by atoms with Gasteiger partial charge in [-0.05, 0) is 90.0 Å². The molecule has 5 amide bonds. The highest BCUT2D eigenvalue weighted by Gasteiger charge is 2.38. The molecule has 5 aromatic carbocycles. The molecule has 0 bridgehead atoms. The number of nitrogens with zero attached hydrogens (tertiary/aromatic N) is 6. The van der Waals surface area contributed by atoms with Crippen molar-refractivity contribution < 1.29 is 52.6 Å². The lowest BCUT2D eigenvalue weighted by Gasteiger charge is -2.25. The molecule has 0 radical (unpaired) electrons. The fourth-order valence-electron chi connectivity index (χ4n) is 9.90.